The third kappa shape index (κ3) is 9.62. The SMILES string of the molecule is CCCC=CCSC[C@@H]1CSC[C@@H]1CC=CCCCC(=O)O. The van der Waals surface area contributed by atoms with Crippen molar-refractivity contribution in [1.82, 2.24) is 0 Å². The zero-order valence-corrected chi connectivity index (χ0v) is 15.3. The smallest absolute Gasteiger partial charge is 0.303 e. The first-order chi connectivity index (χ1) is 10.7. The summed E-state index contributed by atoms with van der Waals surface area (Å²) in [5.74, 6) is 6.00. The van der Waals surface area contributed by atoms with Crippen molar-refractivity contribution in [1.29, 1.82) is 0 Å². The van der Waals surface area contributed by atoms with E-state index in [1.807, 2.05) is 0 Å². The largest absolute Gasteiger partial charge is 0.481 e. The van der Waals surface area contributed by atoms with E-state index in [4.69, 9.17) is 5.11 Å². The van der Waals surface area contributed by atoms with Crippen molar-refractivity contribution in [3.05, 3.63) is 24.3 Å². The third-order valence-corrected chi connectivity index (χ3v) is 6.29. The molecule has 0 radical (unpaired) electrons. The lowest BCUT2D eigenvalue weighted by atomic mass is 9.94. The Morgan fingerprint density at radius 2 is 1.95 bits per heavy atom. The molecule has 0 saturated carbocycles. The summed E-state index contributed by atoms with van der Waals surface area (Å²) in [5.41, 5.74) is 0. The third-order valence-electron chi connectivity index (χ3n) is 3.87. The molecule has 0 aromatic heterocycles. The molecule has 1 N–H and O–H groups in total. The molecule has 22 heavy (non-hydrogen) atoms. The van der Waals surface area contributed by atoms with Gasteiger partial charge in [-0.15, -0.1) is 0 Å². The number of carboxylic acid groups (broad SMARTS) is 1. The number of rotatable bonds is 12. The summed E-state index contributed by atoms with van der Waals surface area (Å²) >= 11 is 4.16. The first-order valence-electron chi connectivity index (χ1n) is 8.41. The van der Waals surface area contributed by atoms with Gasteiger partial charge in [0.2, 0.25) is 0 Å². The minimum atomic E-state index is -0.689. The fourth-order valence-electron chi connectivity index (χ4n) is 2.49. The van der Waals surface area contributed by atoms with Gasteiger partial charge in [-0.3, -0.25) is 4.79 Å². The standard InChI is InChI=1S/C18H30O2S2/c1-2-3-4-9-12-21-14-17-15-22-13-16(17)10-7-5-6-8-11-18(19)20/h4-5,7,9,16-17H,2-3,6,8,10-15H2,1H3,(H,19,20)/t16-,17+/m0/s1. The molecule has 0 amide bonds. The highest BCUT2D eigenvalue weighted by Gasteiger charge is 2.26. The molecule has 0 aliphatic carbocycles. The van der Waals surface area contributed by atoms with Crippen LogP contribution < -0.4 is 0 Å². The number of hydrogen-bond acceptors (Lipinski definition) is 3. The molecule has 4 heteroatoms. The first-order valence-corrected chi connectivity index (χ1v) is 10.7. The van der Waals surface area contributed by atoms with Gasteiger partial charge < -0.3 is 5.11 Å². The van der Waals surface area contributed by atoms with Crippen molar-refractivity contribution in [2.75, 3.05) is 23.0 Å². The summed E-state index contributed by atoms with van der Waals surface area (Å²) < 4.78 is 0. The lowest BCUT2D eigenvalue weighted by molar-refractivity contribution is -0.137. The van der Waals surface area contributed by atoms with E-state index in [-0.39, 0.29) is 6.42 Å². The Balaban J connectivity index is 2.12. The monoisotopic (exact) mass is 342 g/mol. The molecule has 1 aliphatic heterocycles. The van der Waals surface area contributed by atoms with Gasteiger partial charge in [-0.25, -0.2) is 0 Å². The highest BCUT2D eigenvalue weighted by molar-refractivity contribution is 8.00. The van der Waals surface area contributed by atoms with Gasteiger partial charge in [-0.05, 0) is 54.8 Å². The molecule has 1 fully saturated rings. The van der Waals surface area contributed by atoms with Gasteiger partial charge in [0.1, 0.15) is 0 Å². The number of carbonyl (C=O) groups is 1. The Morgan fingerprint density at radius 3 is 2.73 bits per heavy atom. The summed E-state index contributed by atoms with van der Waals surface area (Å²) in [4.78, 5) is 10.4. The minimum Gasteiger partial charge on any atom is -0.481 e. The number of aliphatic carboxylic acids is 1. The summed E-state index contributed by atoms with van der Waals surface area (Å²) in [5, 5.41) is 8.59. The molecule has 0 unspecified atom stereocenters. The van der Waals surface area contributed by atoms with Gasteiger partial charge in [-0.2, -0.15) is 23.5 Å². The van der Waals surface area contributed by atoms with Gasteiger partial charge in [0.15, 0.2) is 0 Å². The number of thioether (sulfide) groups is 2. The molecule has 0 bridgehead atoms. The summed E-state index contributed by atoms with van der Waals surface area (Å²) in [6, 6.07) is 0. The Kier molecular flexibility index (Phi) is 11.7. The summed E-state index contributed by atoms with van der Waals surface area (Å²) in [6.07, 6.45) is 14.6. The van der Waals surface area contributed by atoms with Crippen molar-refractivity contribution in [2.24, 2.45) is 11.8 Å². The molecule has 2 nitrogen and oxygen atoms in total. The number of unbranched alkanes of at least 4 members (excludes halogenated alkanes) is 2. The molecular formula is C18H30O2S2. The Bertz CT molecular complexity index is 353. The lowest BCUT2D eigenvalue weighted by Crippen LogP contribution is -2.14. The van der Waals surface area contributed by atoms with E-state index < -0.39 is 5.97 Å². The maximum absolute atomic E-state index is 10.4. The Hall–Kier alpha value is -0.350. The van der Waals surface area contributed by atoms with Crippen LogP contribution in [0.5, 0.6) is 0 Å². The van der Waals surface area contributed by atoms with Crippen LogP contribution >= 0.6 is 23.5 Å². The second-order valence-corrected chi connectivity index (χ2v) is 8.00. The van der Waals surface area contributed by atoms with E-state index in [0.29, 0.717) is 0 Å². The van der Waals surface area contributed by atoms with E-state index >= 15 is 0 Å². The van der Waals surface area contributed by atoms with Crippen LogP contribution in [0.2, 0.25) is 0 Å². The van der Waals surface area contributed by atoms with E-state index in [0.717, 1.165) is 36.9 Å². The number of carboxylic acids is 1. The molecule has 0 spiro atoms. The molecule has 1 aliphatic rings. The van der Waals surface area contributed by atoms with Crippen LogP contribution in [-0.2, 0) is 4.79 Å². The number of hydrogen-bond donors (Lipinski definition) is 1. The molecule has 1 rings (SSSR count). The van der Waals surface area contributed by atoms with Crippen LogP contribution in [-0.4, -0.2) is 34.1 Å². The number of allylic oxidation sites excluding steroid dienone is 3. The van der Waals surface area contributed by atoms with Gasteiger partial charge >= 0.3 is 5.97 Å². The maximum Gasteiger partial charge on any atom is 0.303 e. The van der Waals surface area contributed by atoms with Crippen molar-refractivity contribution >= 4 is 29.5 Å². The summed E-state index contributed by atoms with van der Waals surface area (Å²) in [7, 11) is 0. The molecule has 0 aromatic rings. The predicted octanol–water partition coefficient (Wildman–Crippen LogP) is 5.26. The Labute approximate surface area is 144 Å². The second-order valence-electron chi connectivity index (χ2n) is 5.85. The Morgan fingerprint density at radius 1 is 1.18 bits per heavy atom. The zero-order valence-electron chi connectivity index (χ0n) is 13.7. The normalized spacial score (nSPS) is 22.0. The van der Waals surface area contributed by atoms with Crippen LogP contribution in [0, 0.1) is 11.8 Å². The summed E-state index contributed by atoms with van der Waals surface area (Å²) in [6.45, 7) is 2.22. The van der Waals surface area contributed by atoms with Crippen molar-refractivity contribution in [3.63, 3.8) is 0 Å². The van der Waals surface area contributed by atoms with Gasteiger partial charge in [0, 0.05) is 12.2 Å². The quantitative estimate of drug-likeness (QED) is 0.388. The fraction of sp³-hybridized carbons (Fsp3) is 0.722. The van der Waals surface area contributed by atoms with E-state index in [9.17, 15) is 4.79 Å². The van der Waals surface area contributed by atoms with Crippen LogP contribution in [0.4, 0.5) is 0 Å². The topological polar surface area (TPSA) is 37.3 Å². The van der Waals surface area contributed by atoms with E-state index in [1.165, 1.54) is 30.1 Å². The second kappa shape index (κ2) is 13.1. The molecular weight excluding hydrogens is 312 g/mol. The van der Waals surface area contributed by atoms with Crippen molar-refractivity contribution in [2.45, 2.75) is 45.4 Å². The lowest BCUT2D eigenvalue weighted by Gasteiger charge is -2.16. The minimum absolute atomic E-state index is 0.286. The van der Waals surface area contributed by atoms with E-state index in [1.54, 1.807) is 0 Å². The highest BCUT2D eigenvalue weighted by Crippen LogP contribution is 2.34. The molecule has 126 valence electrons. The van der Waals surface area contributed by atoms with Crippen LogP contribution in [0.25, 0.3) is 0 Å². The van der Waals surface area contributed by atoms with Crippen LogP contribution in [0.15, 0.2) is 24.3 Å². The fourth-order valence-corrected chi connectivity index (χ4v) is 5.28. The van der Waals surface area contributed by atoms with E-state index in [2.05, 4.69) is 54.8 Å². The predicted molar refractivity (Wildman–Crippen MR) is 101 cm³/mol. The zero-order chi connectivity index (χ0) is 16.0. The van der Waals surface area contributed by atoms with Gasteiger partial charge in [0.05, 0.1) is 0 Å². The van der Waals surface area contributed by atoms with Crippen molar-refractivity contribution < 1.29 is 9.90 Å². The molecule has 1 saturated heterocycles. The van der Waals surface area contributed by atoms with Gasteiger partial charge in [-0.1, -0.05) is 37.6 Å². The van der Waals surface area contributed by atoms with Crippen molar-refractivity contribution in [3.8, 4) is 0 Å². The van der Waals surface area contributed by atoms with Crippen LogP contribution in [0.3, 0.4) is 0 Å². The molecule has 1 heterocycles. The molecule has 0 aromatic carbocycles. The first kappa shape index (κ1) is 19.7. The van der Waals surface area contributed by atoms with Gasteiger partial charge in [0.25, 0.3) is 0 Å². The van der Waals surface area contributed by atoms with Crippen LogP contribution in [0.1, 0.15) is 45.4 Å². The maximum atomic E-state index is 10.4. The average Bonchev–Trinajstić information content (AvgIpc) is 2.93. The molecule has 2 atom stereocenters. The average molecular weight is 343 g/mol. The highest BCUT2D eigenvalue weighted by atomic mass is 32.2.